The van der Waals surface area contributed by atoms with E-state index < -0.39 is 0 Å². The number of thiazole rings is 1. The third-order valence-corrected chi connectivity index (χ3v) is 3.89. The molecule has 1 heterocycles. The van der Waals surface area contributed by atoms with Crippen LogP contribution >= 0.6 is 23.1 Å². The molecule has 72 valence electrons. The van der Waals surface area contributed by atoms with Gasteiger partial charge in [0.1, 0.15) is 5.69 Å². The summed E-state index contributed by atoms with van der Waals surface area (Å²) in [5, 5.41) is 2.77. The van der Waals surface area contributed by atoms with Crippen molar-refractivity contribution in [3.8, 4) is 0 Å². The largest absolute Gasteiger partial charge is 0.291 e. The van der Waals surface area contributed by atoms with E-state index >= 15 is 0 Å². The van der Waals surface area contributed by atoms with Gasteiger partial charge in [0, 0.05) is 5.38 Å². The second kappa shape index (κ2) is 3.80. The SMILES string of the molecule is CSC(C)(C)C(=O)c1csc(C)n1. The van der Waals surface area contributed by atoms with E-state index in [0.29, 0.717) is 5.69 Å². The summed E-state index contributed by atoms with van der Waals surface area (Å²) in [4.78, 5) is 16.0. The summed E-state index contributed by atoms with van der Waals surface area (Å²) >= 11 is 3.07. The lowest BCUT2D eigenvalue weighted by Gasteiger charge is -2.18. The Morgan fingerprint density at radius 3 is 2.62 bits per heavy atom. The molecule has 0 aliphatic carbocycles. The van der Waals surface area contributed by atoms with E-state index in [-0.39, 0.29) is 10.5 Å². The standard InChI is InChI=1S/C9H13NOS2/c1-6-10-7(5-13-6)8(11)9(2,3)12-4/h5H,1-4H3. The minimum absolute atomic E-state index is 0.115. The average molecular weight is 215 g/mol. The van der Waals surface area contributed by atoms with Gasteiger partial charge in [-0.05, 0) is 27.0 Å². The van der Waals surface area contributed by atoms with Crippen LogP contribution in [-0.2, 0) is 0 Å². The van der Waals surface area contributed by atoms with E-state index in [9.17, 15) is 4.79 Å². The molecule has 0 bridgehead atoms. The molecule has 0 saturated carbocycles. The number of aromatic nitrogens is 1. The minimum Gasteiger partial charge on any atom is -0.291 e. The normalized spacial score (nSPS) is 11.7. The molecule has 0 aromatic carbocycles. The minimum atomic E-state index is -0.361. The highest BCUT2D eigenvalue weighted by Crippen LogP contribution is 2.26. The molecule has 1 aromatic rings. The zero-order valence-corrected chi connectivity index (χ0v) is 9.88. The topological polar surface area (TPSA) is 30.0 Å². The summed E-state index contributed by atoms with van der Waals surface area (Å²) in [5.41, 5.74) is 0.599. The molecule has 0 N–H and O–H groups in total. The first-order chi connectivity index (χ1) is 5.97. The molecule has 0 saturated heterocycles. The van der Waals surface area contributed by atoms with Crippen LogP contribution in [0.2, 0.25) is 0 Å². The van der Waals surface area contributed by atoms with Crippen molar-refractivity contribution in [2.75, 3.05) is 6.26 Å². The van der Waals surface area contributed by atoms with Crippen LogP contribution in [0.1, 0.15) is 29.3 Å². The third-order valence-electron chi connectivity index (χ3n) is 1.91. The lowest BCUT2D eigenvalue weighted by atomic mass is 10.1. The zero-order chi connectivity index (χ0) is 10.1. The number of rotatable bonds is 3. The van der Waals surface area contributed by atoms with Gasteiger partial charge < -0.3 is 0 Å². The first-order valence-electron chi connectivity index (χ1n) is 3.99. The van der Waals surface area contributed by atoms with E-state index in [4.69, 9.17) is 0 Å². The monoisotopic (exact) mass is 215 g/mol. The summed E-state index contributed by atoms with van der Waals surface area (Å²) in [6.45, 7) is 5.76. The Hall–Kier alpha value is -0.350. The first-order valence-corrected chi connectivity index (χ1v) is 6.10. The molecule has 2 nitrogen and oxygen atoms in total. The van der Waals surface area contributed by atoms with E-state index in [1.807, 2.05) is 32.4 Å². The van der Waals surface area contributed by atoms with E-state index in [2.05, 4.69) is 4.98 Å². The van der Waals surface area contributed by atoms with Gasteiger partial charge in [0.15, 0.2) is 5.78 Å². The molecule has 0 fully saturated rings. The molecular weight excluding hydrogens is 202 g/mol. The molecule has 0 radical (unpaired) electrons. The Labute approximate surface area is 86.8 Å². The highest BCUT2D eigenvalue weighted by atomic mass is 32.2. The lowest BCUT2D eigenvalue weighted by molar-refractivity contribution is 0.0954. The van der Waals surface area contributed by atoms with Gasteiger partial charge >= 0.3 is 0 Å². The van der Waals surface area contributed by atoms with Gasteiger partial charge in [0.05, 0.1) is 9.75 Å². The van der Waals surface area contributed by atoms with Crippen molar-refractivity contribution in [2.45, 2.75) is 25.5 Å². The maximum absolute atomic E-state index is 11.8. The van der Waals surface area contributed by atoms with Gasteiger partial charge in [-0.2, -0.15) is 11.8 Å². The first kappa shape index (κ1) is 10.7. The fourth-order valence-corrected chi connectivity index (χ4v) is 1.75. The van der Waals surface area contributed by atoms with Crippen LogP contribution in [0, 0.1) is 6.92 Å². The average Bonchev–Trinajstić information content (AvgIpc) is 2.50. The van der Waals surface area contributed by atoms with E-state index in [1.165, 1.54) is 11.3 Å². The predicted octanol–water partition coefficient (Wildman–Crippen LogP) is 2.78. The maximum Gasteiger partial charge on any atom is 0.197 e. The summed E-state index contributed by atoms with van der Waals surface area (Å²) in [7, 11) is 0. The summed E-state index contributed by atoms with van der Waals surface area (Å²) in [6, 6.07) is 0. The quantitative estimate of drug-likeness (QED) is 0.726. The second-order valence-corrected chi connectivity index (χ2v) is 5.79. The van der Waals surface area contributed by atoms with Gasteiger partial charge in [0.25, 0.3) is 0 Å². The number of ketones is 1. The summed E-state index contributed by atoms with van der Waals surface area (Å²) < 4.78 is -0.361. The van der Waals surface area contributed by atoms with Crippen molar-refractivity contribution in [3.05, 3.63) is 16.1 Å². The fraction of sp³-hybridized carbons (Fsp3) is 0.556. The van der Waals surface area contributed by atoms with Crippen LogP contribution in [0.15, 0.2) is 5.38 Å². The van der Waals surface area contributed by atoms with Crippen LogP contribution in [0.25, 0.3) is 0 Å². The number of aryl methyl sites for hydroxylation is 1. The molecule has 0 amide bonds. The highest BCUT2D eigenvalue weighted by molar-refractivity contribution is 8.00. The number of carbonyl (C=O) groups is 1. The van der Waals surface area contributed by atoms with Crippen LogP contribution in [0.3, 0.4) is 0 Å². The second-order valence-electron chi connectivity index (χ2n) is 3.30. The number of nitrogens with zero attached hydrogens (tertiary/aromatic N) is 1. The molecule has 0 aliphatic heterocycles. The molecule has 0 unspecified atom stereocenters. The molecule has 1 rings (SSSR count). The highest BCUT2D eigenvalue weighted by Gasteiger charge is 2.28. The molecule has 0 aliphatic rings. The Kier molecular flexibility index (Phi) is 3.14. The zero-order valence-electron chi connectivity index (χ0n) is 8.25. The van der Waals surface area contributed by atoms with Crippen LogP contribution in [-0.4, -0.2) is 21.8 Å². The van der Waals surface area contributed by atoms with Crippen molar-refractivity contribution in [1.29, 1.82) is 0 Å². The summed E-state index contributed by atoms with van der Waals surface area (Å²) in [6.07, 6.45) is 1.94. The van der Waals surface area contributed by atoms with Crippen molar-refractivity contribution >= 4 is 28.9 Å². The van der Waals surface area contributed by atoms with Gasteiger partial charge in [-0.15, -0.1) is 11.3 Å². The molecular formula is C9H13NOS2. The molecule has 0 spiro atoms. The van der Waals surface area contributed by atoms with Crippen molar-refractivity contribution in [1.82, 2.24) is 4.98 Å². The van der Waals surface area contributed by atoms with E-state index in [0.717, 1.165) is 5.01 Å². The maximum atomic E-state index is 11.8. The molecule has 1 aromatic heterocycles. The van der Waals surface area contributed by atoms with Crippen molar-refractivity contribution in [2.24, 2.45) is 0 Å². The van der Waals surface area contributed by atoms with Crippen molar-refractivity contribution in [3.63, 3.8) is 0 Å². The Morgan fingerprint density at radius 2 is 2.23 bits per heavy atom. The number of carbonyl (C=O) groups excluding carboxylic acids is 1. The van der Waals surface area contributed by atoms with Crippen LogP contribution in [0.4, 0.5) is 0 Å². The van der Waals surface area contributed by atoms with E-state index in [1.54, 1.807) is 11.8 Å². The lowest BCUT2D eigenvalue weighted by Crippen LogP contribution is -2.27. The predicted molar refractivity (Wildman–Crippen MR) is 58.8 cm³/mol. The number of thioether (sulfide) groups is 1. The van der Waals surface area contributed by atoms with Gasteiger partial charge in [-0.3, -0.25) is 4.79 Å². The Balaban J connectivity index is 2.91. The molecule has 13 heavy (non-hydrogen) atoms. The van der Waals surface area contributed by atoms with Gasteiger partial charge in [-0.25, -0.2) is 4.98 Å². The third kappa shape index (κ3) is 2.31. The summed E-state index contributed by atoms with van der Waals surface area (Å²) in [5.74, 6) is 0.115. The number of hydrogen-bond donors (Lipinski definition) is 0. The molecule has 0 atom stereocenters. The van der Waals surface area contributed by atoms with Crippen molar-refractivity contribution < 1.29 is 4.79 Å². The Bertz CT molecular complexity index is 317. The van der Waals surface area contributed by atoms with Crippen LogP contribution < -0.4 is 0 Å². The van der Waals surface area contributed by atoms with Crippen LogP contribution in [0.5, 0.6) is 0 Å². The molecule has 4 heteroatoms. The Morgan fingerprint density at radius 1 is 1.62 bits per heavy atom. The smallest absolute Gasteiger partial charge is 0.197 e. The van der Waals surface area contributed by atoms with Gasteiger partial charge in [0.2, 0.25) is 0 Å². The van der Waals surface area contributed by atoms with Gasteiger partial charge in [-0.1, -0.05) is 0 Å². The number of hydrogen-bond acceptors (Lipinski definition) is 4. The number of Topliss-reactive ketones (excluding diaryl/α,β-unsaturated/α-hetero) is 1. The fourth-order valence-electron chi connectivity index (χ4n) is 0.869.